The molecule has 0 aliphatic carbocycles. The molecule has 0 saturated carbocycles. The predicted octanol–water partition coefficient (Wildman–Crippen LogP) is 2.16. The highest BCUT2D eigenvalue weighted by Gasteiger charge is 2.31. The Balaban J connectivity index is 1.35. The van der Waals surface area contributed by atoms with E-state index in [0.717, 1.165) is 41.3 Å². The lowest BCUT2D eigenvalue weighted by Crippen LogP contribution is -2.47. The van der Waals surface area contributed by atoms with Gasteiger partial charge >= 0.3 is 0 Å². The summed E-state index contributed by atoms with van der Waals surface area (Å²) in [6, 6.07) is 5.29. The number of aromatic amines is 1. The zero-order chi connectivity index (χ0) is 23.1. The number of H-pyrrole nitrogens is 1. The fraction of sp³-hybridized carbons (Fsp3) is 0.417. The van der Waals surface area contributed by atoms with E-state index in [2.05, 4.69) is 15.2 Å². The number of β-amino-alcohol motifs (C(OH)–C–C–N with tert-alkyl or cyclic N) is 1. The van der Waals surface area contributed by atoms with Crippen molar-refractivity contribution in [3.05, 3.63) is 51.3 Å². The van der Waals surface area contributed by atoms with Crippen molar-refractivity contribution in [1.29, 1.82) is 0 Å². The first-order chi connectivity index (χ1) is 15.9. The van der Waals surface area contributed by atoms with Crippen molar-refractivity contribution < 1.29 is 19.4 Å². The molecule has 174 valence electrons. The molecule has 1 saturated heterocycles. The minimum atomic E-state index is -0.613. The van der Waals surface area contributed by atoms with Crippen LogP contribution in [0.4, 0.5) is 5.69 Å². The Bertz CT molecular complexity index is 1140. The molecule has 5 rings (SSSR count). The zero-order valence-electron chi connectivity index (χ0n) is 18.5. The van der Waals surface area contributed by atoms with Gasteiger partial charge in [0, 0.05) is 66.8 Å². The summed E-state index contributed by atoms with van der Waals surface area (Å²) in [5, 5.41) is 14.0. The van der Waals surface area contributed by atoms with Gasteiger partial charge in [-0.3, -0.25) is 14.5 Å². The lowest BCUT2D eigenvalue weighted by Gasteiger charge is -2.32. The molecule has 1 fully saturated rings. The number of aromatic nitrogens is 1. The van der Waals surface area contributed by atoms with Gasteiger partial charge < -0.3 is 25.0 Å². The Morgan fingerprint density at radius 2 is 2.00 bits per heavy atom. The van der Waals surface area contributed by atoms with Crippen LogP contribution in [0.15, 0.2) is 18.2 Å². The molecule has 0 spiro atoms. The van der Waals surface area contributed by atoms with Crippen LogP contribution in [0, 0.1) is 6.92 Å². The van der Waals surface area contributed by atoms with Crippen LogP contribution in [0.1, 0.15) is 32.9 Å². The second-order valence-corrected chi connectivity index (χ2v) is 9.22. The number of hydrogen-bond donors (Lipinski definition) is 3. The van der Waals surface area contributed by atoms with Crippen LogP contribution in [0.3, 0.4) is 0 Å². The van der Waals surface area contributed by atoms with Crippen molar-refractivity contribution >= 4 is 40.8 Å². The van der Waals surface area contributed by atoms with Gasteiger partial charge in [-0.15, -0.1) is 0 Å². The smallest absolute Gasteiger partial charge is 0.256 e. The van der Waals surface area contributed by atoms with Crippen molar-refractivity contribution in [2.24, 2.45) is 0 Å². The average Bonchev–Trinajstić information content (AvgIpc) is 3.27. The number of anilines is 1. The van der Waals surface area contributed by atoms with E-state index in [-0.39, 0.29) is 11.8 Å². The molecule has 1 aromatic heterocycles. The second-order valence-electron chi connectivity index (χ2n) is 8.79. The van der Waals surface area contributed by atoms with Gasteiger partial charge in [-0.25, -0.2) is 0 Å². The lowest BCUT2D eigenvalue weighted by atomic mass is 10.0. The molecule has 9 heteroatoms. The molecule has 4 heterocycles. The monoisotopic (exact) mass is 470 g/mol. The standard InChI is InChI=1S/C24H27ClN4O4/c1-14-21(11-18-17-10-15(25)2-3-19(17)27-23(18)31)26-20-4-5-29(24(32)22(14)20)13-16(30)12-28-6-8-33-9-7-28/h2-3,10-11,16,26,30H,4-9,12-13H2,1H3,(H,27,31)/t16-/m1/s1. The number of halogens is 1. The Labute approximate surface area is 197 Å². The number of morpholine rings is 1. The molecule has 0 bridgehead atoms. The summed E-state index contributed by atoms with van der Waals surface area (Å²) in [5.41, 5.74) is 5.03. The third kappa shape index (κ3) is 4.31. The molecule has 3 N–H and O–H groups in total. The number of carbonyl (C=O) groups is 2. The SMILES string of the molecule is Cc1c(C=C2C(=O)Nc3ccc(Cl)cc32)[nH]c2c1C(=O)N(C[C@H](O)CN1CCOCC1)CC2. The Kier molecular flexibility index (Phi) is 6.01. The van der Waals surface area contributed by atoms with Gasteiger partial charge in [0.1, 0.15) is 0 Å². The molecule has 33 heavy (non-hydrogen) atoms. The van der Waals surface area contributed by atoms with E-state index < -0.39 is 6.10 Å². The van der Waals surface area contributed by atoms with E-state index in [0.29, 0.717) is 55.4 Å². The largest absolute Gasteiger partial charge is 0.390 e. The van der Waals surface area contributed by atoms with Crippen LogP contribution in [0.2, 0.25) is 5.02 Å². The minimum absolute atomic E-state index is 0.0880. The first-order valence-corrected chi connectivity index (χ1v) is 11.6. The maximum atomic E-state index is 13.3. The number of rotatable bonds is 5. The molecule has 1 aromatic carbocycles. The molecule has 0 radical (unpaired) electrons. The maximum absolute atomic E-state index is 13.3. The number of aliphatic hydroxyl groups is 1. The summed E-state index contributed by atoms with van der Waals surface area (Å²) in [4.78, 5) is 33.0. The number of hydrogen-bond acceptors (Lipinski definition) is 5. The van der Waals surface area contributed by atoms with E-state index in [1.54, 1.807) is 29.2 Å². The summed E-state index contributed by atoms with van der Waals surface area (Å²) in [6.45, 7) is 6.20. The van der Waals surface area contributed by atoms with Gasteiger partial charge in [-0.2, -0.15) is 0 Å². The Morgan fingerprint density at radius 1 is 1.21 bits per heavy atom. The maximum Gasteiger partial charge on any atom is 0.256 e. The summed E-state index contributed by atoms with van der Waals surface area (Å²) in [5.74, 6) is -0.284. The van der Waals surface area contributed by atoms with E-state index in [9.17, 15) is 14.7 Å². The normalized spacial score (nSPS) is 20.7. The number of ether oxygens (including phenoxy) is 1. The van der Waals surface area contributed by atoms with Gasteiger partial charge in [0.15, 0.2) is 0 Å². The van der Waals surface area contributed by atoms with Crippen molar-refractivity contribution in [2.45, 2.75) is 19.4 Å². The van der Waals surface area contributed by atoms with Gasteiger partial charge in [0.2, 0.25) is 0 Å². The zero-order valence-corrected chi connectivity index (χ0v) is 19.2. The molecular formula is C24H27ClN4O4. The molecule has 2 aromatic rings. The van der Waals surface area contributed by atoms with Gasteiger partial charge in [-0.1, -0.05) is 11.6 Å². The van der Waals surface area contributed by atoms with E-state index in [4.69, 9.17) is 16.3 Å². The topological polar surface area (TPSA) is 97.9 Å². The van der Waals surface area contributed by atoms with Crippen molar-refractivity contribution in [2.75, 3.05) is 51.3 Å². The van der Waals surface area contributed by atoms with Crippen molar-refractivity contribution in [3.8, 4) is 0 Å². The predicted molar refractivity (Wildman–Crippen MR) is 126 cm³/mol. The highest BCUT2D eigenvalue weighted by atomic mass is 35.5. The number of amides is 2. The first-order valence-electron chi connectivity index (χ1n) is 11.2. The van der Waals surface area contributed by atoms with Crippen LogP contribution in [-0.4, -0.2) is 83.7 Å². The molecular weight excluding hydrogens is 444 g/mol. The van der Waals surface area contributed by atoms with Gasteiger partial charge in [0.05, 0.1) is 30.5 Å². The number of benzene rings is 1. The van der Waals surface area contributed by atoms with Crippen LogP contribution >= 0.6 is 11.6 Å². The highest BCUT2D eigenvalue weighted by molar-refractivity contribution is 6.36. The average molecular weight is 471 g/mol. The second kappa shape index (κ2) is 8.95. The summed E-state index contributed by atoms with van der Waals surface area (Å²) < 4.78 is 5.35. The molecule has 3 aliphatic heterocycles. The van der Waals surface area contributed by atoms with E-state index in [1.807, 2.05) is 6.92 Å². The number of carbonyl (C=O) groups excluding carboxylic acids is 2. The molecule has 2 amide bonds. The fourth-order valence-electron chi connectivity index (χ4n) is 4.82. The lowest BCUT2D eigenvalue weighted by molar-refractivity contribution is -0.110. The van der Waals surface area contributed by atoms with Crippen LogP contribution in [0.5, 0.6) is 0 Å². The van der Waals surface area contributed by atoms with Crippen molar-refractivity contribution in [3.63, 3.8) is 0 Å². The summed E-state index contributed by atoms with van der Waals surface area (Å²) in [6.07, 6.45) is 1.85. The molecule has 0 unspecified atom stereocenters. The number of fused-ring (bicyclic) bond motifs is 2. The van der Waals surface area contributed by atoms with Gasteiger partial charge in [-0.05, 0) is 36.8 Å². The summed E-state index contributed by atoms with van der Waals surface area (Å²) >= 11 is 6.14. The Morgan fingerprint density at radius 3 is 2.79 bits per heavy atom. The quantitative estimate of drug-likeness (QED) is 0.582. The van der Waals surface area contributed by atoms with E-state index >= 15 is 0 Å². The number of nitrogens with zero attached hydrogens (tertiary/aromatic N) is 2. The molecule has 8 nitrogen and oxygen atoms in total. The van der Waals surface area contributed by atoms with Gasteiger partial charge in [0.25, 0.3) is 11.8 Å². The molecule has 3 aliphatic rings. The van der Waals surface area contributed by atoms with Crippen LogP contribution in [0.25, 0.3) is 11.6 Å². The Hall–Kier alpha value is -2.65. The van der Waals surface area contributed by atoms with Crippen LogP contribution in [-0.2, 0) is 16.0 Å². The summed E-state index contributed by atoms with van der Waals surface area (Å²) in [7, 11) is 0. The first kappa shape index (κ1) is 22.2. The third-order valence-corrected chi connectivity index (χ3v) is 6.79. The van der Waals surface area contributed by atoms with E-state index in [1.165, 1.54) is 0 Å². The van der Waals surface area contributed by atoms with Crippen LogP contribution < -0.4 is 5.32 Å². The van der Waals surface area contributed by atoms with Crippen molar-refractivity contribution in [1.82, 2.24) is 14.8 Å². The number of nitrogens with one attached hydrogen (secondary N) is 2. The molecule has 1 atom stereocenters. The number of aliphatic hydroxyl groups excluding tert-OH is 1. The third-order valence-electron chi connectivity index (χ3n) is 6.56. The highest BCUT2D eigenvalue weighted by Crippen LogP contribution is 2.36. The fourth-order valence-corrected chi connectivity index (χ4v) is 5.00. The minimum Gasteiger partial charge on any atom is -0.390 e.